The fraction of sp³-hybridized carbons (Fsp3) is 0.435. The van der Waals surface area contributed by atoms with E-state index in [-0.39, 0.29) is 5.91 Å². The molecular weight excluding hydrogens is 398 g/mol. The van der Waals surface area contributed by atoms with E-state index >= 15 is 0 Å². The topological polar surface area (TPSA) is 69.7 Å². The average Bonchev–Trinajstić information content (AvgIpc) is 2.75. The van der Waals surface area contributed by atoms with Crippen LogP contribution in [-0.2, 0) is 21.2 Å². The summed E-state index contributed by atoms with van der Waals surface area (Å²) in [6.45, 7) is 6.96. The number of rotatable bonds is 8. The maximum absolute atomic E-state index is 12.9. The van der Waals surface area contributed by atoms with Crippen LogP contribution in [0.5, 0.6) is 0 Å². The van der Waals surface area contributed by atoms with Gasteiger partial charge in [0, 0.05) is 32.7 Å². The zero-order chi connectivity index (χ0) is 21.6. The number of carbonyl (C=O) groups is 1. The van der Waals surface area contributed by atoms with Crippen molar-refractivity contribution in [2.24, 2.45) is 0 Å². The molecule has 0 aliphatic carbocycles. The summed E-state index contributed by atoms with van der Waals surface area (Å²) in [6.07, 6.45) is 0.800. The van der Waals surface area contributed by atoms with E-state index < -0.39 is 10.0 Å². The van der Waals surface area contributed by atoms with Gasteiger partial charge in [-0.25, -0.2) is 8.42 Å². The average molecular weight is 430 g/mol. The Bertz CT molecular complexity index is 920. The summed E-state index contributed by atoms with van der Waals surface area (Å²) in [6, 6.07) is 17.2. The minimum absolute atomic E-state index is 0.0217. The fourth-order valence-electron chi connectivity index (χ4n) is 3.55. The summed E-state index contributed by atoms with van der Waals surface area (Å²) in [5.41, 5.74) is 2.31. The minimum Gasteiger partial charge on any atom is -0.355 e. The molecule has 0 radical (unpaired) electrons. The molecule has 0 aromatic heterocycles. The van der Waals surface area contributed by atoms with E-state index in [4.69, 9.17) is 0 Å². The quantitative estimate of drug-likeness (QED) is 0.700. The monoisotopic (exact) mass is 429 g/mol. The third-order valence-corrected chi connectivity index (χ3v) is 7.37. The molecule has 0 unspecified atom stereocenters. The van der Waals surface area contributed by atoms with Gasteiger partial charge in [0.15, 0.2) is 0 Å². The molecule has 1 fully saturated rings. The van der Waals surface area contributed by atoms with Crippen molar-refractivity contribution in [3.8, 4) is 0 Å². The highest BCUT2D eigenvalue weighted by molar-refractivity contribution is 7.89. The van der Waals surface area contributed by atoms with Crippen LogP contribution < -0.4 is 5.32 Å². The molecule has 1 aliphatic rings. The lowest BCUT2D eigenvalue weighted by Gasteiger charge is -2.33. The lowest BCUT2D eigenvalue weighted by molar-refractivity contribution is -0.122. The van der Waals surface area contributed by atoms with E-state index in [1.807, 2.05) is 47.4 Å². The molecule has 0 saturated carbocycles. The van der Waals surface area contributed by atoms with Crippen LogP contribution in [0.25, 0.3) is 0 Å². The molecule has 162 valence electrons. The molecule has 1 N–H and O–H groups in total. The van der Waals surface area contributed by atoms with Gasteiger partial charge in [-0.05, 0) is 35.6 Å². The highest BCUT2D eigenvalue weighted by atomic mass is 32.2. The lowest BCUT2D eigenvalue weighted by atomic mass is 10.0. The molecule has 1 aliphatic heterocycles. The highest BCUT2D eigenvalue weighted by Gasteiger charge is 2.29. The summed E-state index contributed by atoms with van der Waals surface area (Å²) in [5, 5.41) is 2.95. The molecule has 7 heteroatoms. The number of sulfonamides is 1. The SMILES string of the molecule is CC(C)c1ccc(S(=O)(=O)N2CCN(CC(=O)NCCc3ccccc3)CC2)cc1. The van der Waals surface area contributed by atoms with Gasteiger partial charge >= 0.3 is 0 Å². The first-order chi connectivity index (χ1) is 14.4. The zero-order valence-corrected chi connectivity index (χ0v) is 18.6. The van der Waals surface area contributed by atoms with Crippen LogP contribution in [-0.4, -0.2) is 62.8 Å². The number of hydrogen-bond donors (Lipinski definition) is 1. The number of piperazine rings is 1. The van der Waals surface area contributed by atoms with Crippen molar-refractivity contribution < 1.29 is 13.2 Å². The zero-order valence-electron chi connectivity index (χ0n) is 17.8. The largest absolute Gasteiger partial charge is 0.355 e. The van der Waals surface area contributed by atoms with E-state index in [0.717, 1.165) is 12.0 Å². The van der Waals surface area contributed by atoms with Crippen molar-refractivity contribution in [1.82, 2.24) is 14.5 Å². The first-order valence-electron chi connectivity index (χ1n) is 10.5. The summed E-state index contributed by atoms with van der Waals surface area (Å²) in [4.78, 5) is 14.5. The van der Waals surface area contributed by atoms with Gasteiger partial charge < -0.3 is 5.32 Å². The Kier molecular flexibility index (Phi) is 7.64. The maximum atomic E-state index is 12.9. The first-order valence-corrected chi connectivity index (χ1v) is 11.9. The first kappa shape index (κ1) is 22.5. The lowest BCUT2D eigenvalue weighted by Crippen LogP contribution is -2.51. The van der Waals surface area contributed by atoms with Gasteiger partial charge in [-0.1, -0.05) is 56.3 Å². The summed E-state index contributed by atoms with van der Waals surface area (Å²) < 4.78 is 27.3. The molecule has 0 bridgehead atoms. The van der Waals surface area contributed by atoms with Gasteiger partial charge in [0.2, 0.25) is 15.9 Å². The van der Waals surface area contributed by atoms with Gasteiger partial charge in [0.1, 0.15) is 0 Å². The predicted octanol–water partition coefficient (Wildman–Crippen LogP) is 2.48. The molecular formula is C23H31N3O3S. The van der Waals surface area contributed by atoms with Crippen LogP contribution in [0.1, 0.15) is 30.9 Å². The number of carbonyl (C=O) groups excluding carboxylic acids is 1. The Hall–Kier alpha value is -2.22. The van der Waals surface area contributed by atoms with Crippen LogP contribution in [0.2, 0.25) is 0 Å². The second-order valence-corrected chi connectivity index (χ2v) is 9.93. The third-order valence-electron chi connectivity index (χ3n) is 5.46. The Morgan fingerprint density at radius 1 is 0.967 bits per heavy atom. The third kappa shape index (κ3) is 5.90. The second kappa shape index (κ2) is 10.2. The minimum atomic E-state index is -3.50. The second-order valence-electron chi connectivity index (χ2n) is 7.99. The van der Waals surface area contributed by atoms with Gasteiger partial charge in [-0.2, -0.15) is 4.31 Å². The Morgan fingerprint density at radius 2 is 1.60 bits per heavy atom. The molecule has 2 aromatic rings. The maximum Gasteiger partial charge on any atom is 0.243 e. The number of amides is 1. The van der Waals surface area contributed by atoms with E-state index in [1.165, 1.54) is 9.87 Å². The fourth-order valence-corrected chi connectivity index (χ4v) is 4.97. The van der Waals surface area contributed by atoms with E-state index in [0.29, 0.717) is 50.1 Å². The van der Waals surface area contributed by atoms with E-state index in [9.17, 15) is 13.2 Å². The summed E-state index contributed by atoms with van der Waals surface area (Å²) in [7, 11) is -3.50. The van der Waals surface area contributed by atoms with Gasteiger partial charge in [-0.3, -0.25) is 9.69 Å². The van der Waals surface area contributed by atoms with Crippen LogP contribution in [0.15, 0.2) is 59.5 Å². The molecule has 1 heterocycles. The van der Waals surface area contributed by atoms with Gasteiger partial charge in [0.25, 0.3) is 0 Å². The molecule has 30 heavy (non-hydrogen) atoms. The van der Waals surface area contributed by atoms with Crippen LogP contribution in [0.3, 0.4) is 0 Å². The molecule has 6 nitrogen and oxygen atoms in total. The molecule has 0 spiro atoms. The van der Waals surface area contributed by atoms with Crippen LogP contribution in [0, 0.1) is 0 Å². The van der Waals surface area contributed by atoms with Crippen molar-refractivity contribution in [1.29, 1.82) is 0 Å². The van der Waals surface area contributed by atoms with Crippen molar-refractivity contribution in [3.05, 3.63) is 65.7 Å². The number of benzene rings is 2. The molecule has 1 saturated heterocycles. The Morgan fingerprint density at radius 3 is 2.20 bits per heavy atom. The van der Waals surface area contributed by atoms with Crippen molar-refractivity contribution >= 4 is 15.9 Å². The van der Waals surface area contributed by atoms with Gasteiger partial charge in [-0.15, -0.1) is 0 Å². The standard InChI is InChI=1S/C23H31N3O3S/c1-19(2)21-8-10-22(11-9-21)30(28,29)26-16-14-25(15-17-26)18-23(27)24-13-12-20-6-4-3-5-7-20/h3-11,19H,12-18H2,1-2H3,(H,24,27). The molecule has 3 rings (SSSR count). The summed E-state index contributed by atoms with van der Waals surface area (Å²) >= 11 is 0. The van der Waals surface area contributed by atoms with Crippen LogP contribution in [0.4, 0.5) is 0 Å². The molecule has 0 atom stereocenters. The van der Waals surface area contributed by atoms with E-state index in [2.05, 4.69) is 19.2 Å². The number of hydrogen-bond acceptors (Lipinski definition) is 4. The number of nitrogens with one attached hydrogen (secondary N) is 1. The van der Waals surface area contributed by atoms with E-state index in [1.54, 1.807) is 12.1 Å². The predicted molar refractivity (Wildman–Crippen MR) is 119 cm³/mol. The van der Waals surface area contributed by atoms with Crippen molar-refractivity contribution in [2.75, 3.05) is 39.3 Å². The Labute approximate surface area is 179 Å². The van der Waals surface area contributed by atoms with Crippen LogP contribution >= 0.6 is 0 Å². The molecule has 1 amide bonds. The smallest absolute Gasteiger partial charge is 0.243 e. The molecule has 2 aromatic carbocycles. The number of nitrogens with zero attached hydrogens (tertiary/aromatic N) is 2. The van der Waals surface area contributed by atoms with Crippen molar-refractivity contribution in [3.63, 3.8) is 0 Å². The normalized spacial score (nSPS) is 16.0. The Balaban J connectivity index is 1.45. The van der Waals surface area contributed by atoms with Gasteiger partial charge in [0.05, 0.1) is 11.4 Å². The van der Waals surface area contributed by atoms with Crippen molar-refractivity contribution in [2.45, 2.75) is 31.1 Å². The highest BCUT2D eigenvalue weighted by Crippen LogP contribution is 2.21. The summed E-state index contributed by atoms with van der Waals surface area (Å²) in [5.74, 6) is 0.343.